The third-order valence-electron chi connectivity index (χ3n) is 5.65. The number of fused-ring (bicyclic) bond motifs is 1. The molecule has 34 heavy (non-hydrogen) atoms. The first kappa shape index (κ1) is 23.6. The van der Waals surface area contributed by atoms with E-state index in [9.17, 15) is 9.18 Å². The number of halogens is 1. The second-order valence-electron chi connectivity index (χ2n) is 8.19. The second kappa shape index (κ2) is 11.5. The fourth-order valence-electron chi connectivity index (χ4n) is 4.00. The highest BCUT2D eigenvalue weighted by molar-refractivity contribution is 5.94. The predicted molar refractivity (Wildman–Crippen MR) is 130 cm³/mol. The van der Waals surface area contributed by atoms with Crippen molar-refractivity contribution in [1.29, 1.82) is 0 Å². The molecular weight excluding hydrogens is 435 g/mol. The van der Waals surface area contributed by atoms with Crippen LogP contribution in [0.5, 0.6) is 11.5 Å². The Bertz CT molecular complexity index is 1110. The summed E-state index contributed by atoms with van der Waals surface area (Å²) < 4.78 is 30.1. The van der Waals surface area contributed by atoms with Crippen LogP contribution in [0.1, 0.15) is 24.0 Å². The Balaban J connectivity index is 1.39. The third kappa shape index (κ3) is 6.26. The highest BCUT2D eigenvalue weighted by atomic mass is 19.1. The van der Waals surface area contributed by atoms with Crippen LogP contribution >= 0.6 is 0 Å². The van der Waals surface area contributed by atoms with E-state index in [0.717, 1.165) is 42.8 Å². The van der Waals surface area contributed by atoms with E-state index in [-0.39, 0.29) is 25.0 Å². The molecule has 178 valence electrons. The Morgan fingerprint density at radius 3 is 2.68 bits per heavy atom. The lowest BCUT2D eigenvalue weighted by Gasteiger charge is -2.25. The highest BCUT2D eigenvalue weighted by Gasteiger charge is 2.19. The molecule has 0 unspecified atom stereocenters. The van der Waals surface area contributed by atoms with Crippen LogP contribution in [0.3, 0.4) is 0 Å². The first-order chi connectivity index (χ1) is 16.6. The number of hydrogen-bond donors (Lipinski definition) is 1. The van der Waals surface area contributed by atoms with Gasteiger partial charge in [0.25, 0.3) is 0 Å². The molecule has 1 aliphatic rings. The van der Waals surface area contributed by atoms with Crippen molar-refractivity contribution in [3.05, 3.63) is 83.7 Å². The molecule has 1 heterocycles. The first-order valence-electron chi connectivity index (χ1n) is 11.4. The van der Waals surface area contributed by atoms with Gasteiger partial charge in [0.05, 0.1) is 6.54 Å². The summed E-state index contributed by atoms with van der Waals surface area (Å²) in [6, 6.07) is 20.4. The number of hydrogen-bond acceptors (Lipinski definition) is 5. The molecule has 1 amide bonds. The van der Waals surface area contributed by atoms with E-state index in [0.29, 0.717) is 12.3 Å². The molecule has 0 saturated carbocycles. The van der Waals surface area contributed by atoms with Gasteiger partial charge >= 0.3 is 0 Å². The Morgan fingerprint density at radius 2 is 1.88 bits per heavy atom. The molecule has 7 heteroatoms. The average molecular weight is 465 g/mol. The molecule has 0 spiro atoms. The van der Waals surface area contributed by atoms with Crippen molar-refractivity contribution in [3.63, 3.8) is 0 Å². The molecule has 0 saturated heterocycles. The van der Waals surface area contributed by atoms with Gasteiger partial charge in [-0.1, -0.05) is 30.3 Å². The smallest absolute Gasteiger partial charge is 0.243 e. The lowest BCUT2D eigenvalue weighted by Crippen LogP contribution is -2.34. The molecule has 4 rings (SSSR count). The van der Waals surface area contributed by atoms with E-state index in [1.165, 1.54) is 24.8 Å². The fraction of sp³-hybridized carbons (Fsp3) is 0.296. The number of benzene rings is 3. The van der Waals surface area contributed by atoms with Gasteiger partial charge in [-0.05, 0) is 60.7 Å². The number of nitrogens with one attached hydrogen (secondary N) is 1. The van der Waals surface area contributed by atoms with Crippen LogP contribution in [0.4, 0.5) is 15.8 Å². The maximum Gasteiger partial charge on any atom is 0.243 e. The third-order valence-corrected chi connectivity index (χ3v) is 5.65. The molecule has 0 fully saturated rings. The lowest BCUT2D eigenvalue weighted by atomic mass is 10.1. The van der Waals surface area contributed by atoms with Crippen molar-refractivity contribution in [2.45, 2.75) is 25.9 Å². The number of aryl methyl sites for hydroxylation is 1. The second-order valence-corrected chi connectivity index (χ2v) is 8.19. The molecule has 0 atom stereocenters. The molecule has 0 radical (unpaired) electrons. The molecule has 0 aromatic heterocycles. The van der Waals surface area contributed by atoms with Crippen LogP contribution in [0.2, 0.25) is 0 Å². The van der Waals surface area contributed by atoms with Crippen LogP contribution in [-0.4, -0.2) is 32.9 Å². The summed E-state index contributed by atoms with van der Waals surface area (Å²) in [5, 5.41) is 2.78. The first-order valence-corrected chi connectivity index (χ1v) is 11.4. The predicted octanol–water partition coefficient (Wildman–Crippen LogP) is 5.17. The van der Waals surface area contributed by atoms with Crippen LogP contribution in [-0.2, 0) is 22.6 Å². The topological polar surface area (TPSA) is 60.0 Å². The van der Waals surface area contributed by atoms with E-state index >= 15 is 0 Å². The van der Waals surface area contributed by atoms with Gasteiger partial charge in [-0.2, -0.15) is 0 Å². The molecule has 0 bridgehead atoms. The van der Waals surface area contributed by atoms with Gasteiger partial charge in [0, 0.05) is 31.1 Å². The lowest BCUT2D eigenvalue weighted by molar-refractivity contribution is -0.115. The average Bonchev–Trinajstić information content (AvgIpc) is 3.04. The monoisotopic (exact) mass is 464 g/mol. The molecule has 0 aliphatic carbocycles. The van der Waals surface area contributed by atoms with E-state index in [4.69, 9.17) is 14.2 Å². The number of carbonyl (C=O) groups is 1. The zero-order chi connectivity index (χ0) is 23.8. The quantitative estimate of drug-likeness (QED) is 0.443. The van der Waals surface area contributed by atoms with Gasteiger partial charge in [-0.15, -0.1) is 0 Å². The fourth-order valence-corrected chi connectivity index (χ4v) is 4.00. The molecule has 3 aromatic carbocycles. The van der Waals surface area contributed by atoms with Crippen molar-refractivity contribution >= 4 is 17.3 Å². The highest BCUT2D eigenvalue weighted by Crippen LogP contribution is 2.30. The van der Waals surface area contributed by atoms with Gasteiger partial charge in [-0.25, -0.2) is 4.39 Å². The van der Waals surface area contributed by atoms with Crippen molar-refractivity contribution < 1.29 is 23.4 Å². The maximum atomic E-state index is 14.2. The molecule has 6 nitrogen and oxygen atoms in total. The van der Waals surface area contributed by atoms with Gasteiger partial charge in [-0.3, -0.25) is 4.79 Å². The molecule has 1 aliphatic heterocycles. The Hall–Kier alpha value is -3.58. The van der Waals surface area contributed by atoms with Crippen LogP contribution in [0, 0.1) is 5.82 Å². The van der Waals surface area contributed by atoms with Crippen molar-refractivity contribution in [2.24, 2.45) is 0 Å². The number of carbonyl (C=O) groups excluding carboxylic acids is 1. The van der Waals surface area contributed by atoms with Crippen molar-refractivity contribution in [1.82, 2.24) is 0 Å². The molecule has 1 N–H and O–H groups in total. The van der Waals surface area contributed by atoms with E-state index < -0.39 is 5.82 Å². The minimum absolute atomic E-state index is 0.0456. The standard InChI is InChI=1S/C27H29FN2O4/c1-32-19-34-26-13-10-22(16-24(26)28)29-27(31)17-30-14-6-5-9-21-15-23(11-12-25(21)30)33-18-20-7-3-2-4-8-20/h2-4,7-8,10-13,15-16H,5-6,9,14,17-19H2,1H3,(H,29,31). The minimum Gasteiger partial charge on any atom is -0.489 e. The summed E-state index contributed by atoms with van der Waals surface area (Å²) in [5.41, 5.74) is 3.70. The summed E-state index contributed by atoms with van der Waals surface area (Å²) in [7, 11) is 1.46. The van der Waals surface area contributed by atoms with Crippen LogP contribution in [0.25, 0.3) is 0 Å². The van der Waals surface area contributed by atoms with E-state index in [1.807, 2.05) is 42.5 Å². The minimum atomic E-state index is -0.557. The number of nitrogens with zero attached hydrogens (tertiary/aromatic N) is 1. The maximum absolute atomic E-state index is 14.2. The van der Waals surface area contributed by atoms with Crippen molar-refractivity contribution in [3.8, 4) is 11.5 Å². The number of ether oxygens (including phenoxy) is 3. The van der Waals surface area contributed by atoms with Crippen LogP contribution < -0.4 is 19.7 Å². The summed E-state index contributed by atoms with van der Waals surface area (Å²) in [4.78, 5) is 14.8. The summed E-state index contributed by atoms with van der Waals surface area (Å²) in [6.45, 7) is 1.43. The van der Waals surface area contributed by atoms with E-state index in [2.05, 4.69) is 16.3 Å². The normalized spacial score (nSPS) is 13.1. The van der Waals surface area contributed by atoms with Crippen LogP contribution in [0.15, 0.2) is 66.7 Å². The van der Waals surface area contributed by atoms with Gasteiger partial charge in [0.1, 0.15) is 12.4 Å². The Kier molecular flexibility index (Phi) is 7.99. The SMILES string of the molecule is COCOc1ccc(NC(=O)CN2CCCCc3cc(OCc4ccccc4)ccc32)cc1F. The largest absolute Gasteiger partial charge is 0.489 e. The van der Waals surface area contributed by atoms with Gasteiger partial charge in [0.15, 0.2) is 18.4 Å². The Morgan fingerprint density at radius 1 is 1.03 bits per heavy atom. The Labute approximate surface area is 199 Å². The summed E-state index contributed by atoms with van der Waals surface area (Å²) >= 11 is 0. The van der Waals surface area contributed by atoms with E-state index in [1.54, 1.807) is 6.07 Å². The number of amides is 1. The zero-order valence-electron chi connectivity index (χ0n) is 19.3. The summed E-state index contributed by atoms with van der Waals surface area (Å²) in [5.74, 6) is 0.131. The number of anilines is 2. The summed E-state index contributed by atoms with van der Waals surface area (Å²) in [6.07, 6.45) is 2.97. The van der Waals surface area contributed by atoms with Gasteiger partial charge in [0.2, 0.25) is 5.91 Å². The van der Waals surface area contributed by atoms with Gasteiger partial charge < -0.3 is 24.4 Å². The van der Waals surface area contributed by atoms with Crippen molar-refractivity contribution in [2.75, 3.05) is 37.2 Å². The molecular formula is C27H29FN2O4. The number of rotatable bonds is 9. The number of methoxy groups -OCH3 is 1. The molecule has 3 aromatic rings. The zero-order valence-corrected chi connectivity index (χ0v) is 19.3.